The molecule has 0 saturated carbocycles. The fourth-order valence-electron chi connectivity index (χ4n) is 1.67. The molecule has 2 aromatic rings. The molecule has 0 spiro atoms. The normalized spacial score (nSPS) is 10.7. The highest BCUT2D eigenvalue weighted by Gasteiger charge is 2.10. The van der Waals surface area contributed by atoms with E-state index in [0.717, 1.165) is 28.8 Å². The second kappa shape index (κ2) is 6.68. The zero-order valence-electron chi connectivity index (χ0n) is 10.9. The monoisotopic (exact) mass is 325 g/mol. The van der Waals surface area contributed by atoms with Crippen LogP contribution in [0, 0.1) is 0 Å². The van der Waals surface area contributed by atoms with Gasteiger partial charge >= 0.3 is 0 Å². The van der Waals surface area contributed by atoms with Crippen LogP contribution < -0.4 is 10.1 Å². The second-order valence-electron chi connectivity index (χ2n) is 3.99. The number of halogens is 1. The SMILES string of the molecule is CCc1nnc(COc2c(Br)cccc2CNC)o1. The van der Waals surface area contributed by atoms with Gasteiger partial charge in [-0.15, -0.1) is 10.2 Å². The van der Waals surface area contributed by atoms with Gasteiger partial charge in [0.25, 0.3) is 5.89 Å². The summed E-state index contributed by atoms with van der Waals surface area (Å²) in [5, 5.41) is 11.0. The molecule has 1 aromatic carbocycles. The molecule has 102 valence electrons. The first-order valence-corrected chi connectivity index (χ1v) is 6.90. The molecule has 0 atom stereocenters. The molecule has 2 rings (SSSR count). The lowest BCUT2D eigenvalue weighted by molar-refractivity contribution is 0.255. The van der Waals surface area contributed by atoms with Crippen LogP contribution in [0.15, 0.2) is 27.1 Å². The van der Waals surface area contributed by atoms with E-state index in [4.69, 9.17) is 9.15 Å². The van der Waals surface area contributed by atoms with Crippen LogP contribution in [0.2, 0.25) is 0 Å². The fraction of sp³-hybridized carbons (Fsp3) is 0.385. The first-order valence-electron chi connectivity index (χ1n) is 6.10. The van der Waals surface area contributed by atoms with E-state index in [1.807, 2.05) is 32.2 Å². The number of hydrogen-bond donors (Lipinski definition) is 1. The Morgan fingerprint density at radius 3 is 2.79 bits per heavy atom. The van der Waals surface area contributed by atoms with Gasteiger partial charge in [0, 0.05) is 18.5 Å². The van der Waals surface area contributed by atoms with Gasteiger partial charge in [-0.3, -0.25) is 0 Å². The van der Waals surface area contributed by atoms with Crippen molar-refractivity contribution in [1.29, 1.82) is 0 Å². The number of nitrogens with zero attached hydrogens (tertiary/aromatic N) is 2. The van der Waals surface area contributed by atoms with Gasteiger partial charge in [0.05, 0.1) is 4.47 Å². The standard InChI is InChI=1S/C13H16BrN3O2/c1-3-11-16-17-12(19-11)8-18-13-9(7-15-2)5-4-6-10(13)14/h4-6,15H,3,7-8H2,1-2H3. The Kier molecular flexibility index (Phi) is 4.93. The smallest absolute Gasteiger partial charge is 0.253 e. The number of aryl methyl sites for hydroxylation is 1. The van der Waals surface area contributed by atoms with Crippen LogP contribution in [0.3, 0.4) is 0 Å². The van der Waals surface area contributed by atoms with Crippen molar-refractivity contribution in [3.05, 3.63) is 40.0 Å². The van der Waals surface area contributed by atoms with Gasteiger partial charge in [0.1, 0.15) is 5.75 Å². The van der Waals surface area contributed by atoms with E-state index >= 15 is 0 Å². The molecule has 0 unspecified atom stereocenters. The molecule has 19 heavy (non-hydrogen) atoms. The molecule has 5 nitrogen and oxygen atoms in total. The van der Waals surface area contributed by atoms with Gasteiger partial charge in [-0.25, -0.2) is 0 Å². The molecule has 0 fully saturated rings. The molecule has 0 aliphatic carbocycles. The number of ether oxygens (including phenoxy) is 1. The van der Waals surface area contributed by atoms with Crippen LogP contribution in [-0.4, -0.2) is 17.2 Å². The maximum absolute atomic E-state index is 5.78. The van der Waals surface area contributed by atoms with Gasteiger partial charge in [-0.1, -0.05) is 19.1 Å². The van der Waals surface area contributed by atoms with Crippen LogP contribution in [0.1, 0.15) is 24.3 Å². The lowest BCUT2D eigenvalue weighted by Gasteiger charge is -2.11. The molecule has 0 amide bonds. The first-order chi connectivity index (χ1) is 9.24. The number of benzene rings is 1. The van der Waals surface area contributed by atoms with E-state index in [0.29, 0.717) is 11.8 Å². The average Bonchev–Trinajstić information content (AvgIpc) is 2.86. The van der Waals surface area contributed by atoms with Crippen molar-refractivity contribution >= 4 is 15.9 Å². The first kappa shape index (κ1) is 14.0. The summed E-state index contributed by atoms with van der Waals surface area (Å²) in [6.07, 6.45) is 0.729. The van der Waals surface area contributed by atoms with Crippen molar-refractivity contribution in [2.45, 2.75) is 26.5 Å². The third kappa shape index (κ3) is 3.54. The predicted octanol–water partition coefficient (Wildman–Crippen LogP) is 2.69. The van der Waals surface area contributed by atoms with Gasteiger partial charge in [-0.2, -0.15) is 0 Å². The third-order valence-electron chi connectivity index (χ3n) is 2.57. The summed E-state index contributed by atoms with van der Waals surface area (Å²) in [4.78, 5) is 0. The fourth-order valence-corrected chi connectivity index (χ4v) is 2.19. The van der Waals surface area contributed by atoms with E-state index < -0.39 is 0 Å². The van der Waals surface area contributed by atoms with E-state index in [-0.39, 0.29) is 6.61 Å². The molecule has 0 aliphatic rings. The minimum absolute atomic E-state index is 0.270. The number of hydrogen-bond acceptors (Lipinski definition) is 5. The van der Waals surface area contributed by atoms with Gasteiger partial charge in [-0.05, 0) is 29.0 Å². The van der Waals surface area contributed by atoms with Crippen molar-refractivity contribution in [3.8, 4) is 5.75 Å². The molecular weight excluding hydrogens is 310 g/mol. The number of para-hydroxylation sites is 1. The average molecular weight is 326 g/mol. The summed E-state index contributed by atoms with van der Waals surface area (Å²) in [5.41, 5.74) is 1.08. The molecule has 1 N–H and O–H groups in total. The van der Waals surface area contributed by atoms with E-state index in [9.17, 15) is 0 Å². The van der Waals surface area contributed by atoms with Crippen LogP contribution in [0.4, 0.5) is 0 Å². The number of nitrogens with one attached hydrogen (secondary N) is 1. The Morgan fingerprint density at radius 1 is 1.32 bits per heavy atom. The van der Waals surface area contributed by atoms with Gasteiger partial charge in [0.2, 0.25) is 5.89 Å². The van der Waals surface area contributed by atoms with Crippen molar-refractivity contribution in [1.82, 2.24) is 15.5 Å². The molecule has 0 radical (unpaired) electrons. The van der Waals surface area contributed by atoms with Crippen LogP contribution in [-0.2, 0) is 19.6 Å². The third-order valence-corrected chi connectivity index (χ3v) is 3.19. The highest BCUT2D eigenvalue weighted by atomic mass is 79.9. The Hall–Kier alpha value is -1.40. The van der Waals surface area contributed by atoms with E-state index in [2.05, 4.69) is 31.4 Å². The number of aromatic nitrogens is 2. The Bertz CT molecular complexity index is 542. The minimum atomic E-state index is 0.270. The Labute approximate surface area is 120 Å². The largest absolute Gasteiger partial charge is 0.482 e. The van der Waals surface area contributed by atoms with Crippen LogP contribution in [0.5, 0.6) is 5.75 Å². The van der Waals surface area contributed by atoms with Crippen molar-refractivity contribution in [2.75, 3.05) is 7.05 Å². The van der Waals surface area contributed by atoms with Gasteiger partial charge < -0.3 is 14.5 Å². The quantitative estimate of drug-likeness (QED) is 0.884. The summed E-state index contributed by atoms with van der Waals surface area (Å²) >= 11 is 3.49. The van der Waals surface area contributed by atoms with Crippen molar-refractivity contribution in [3.63, 3.8) is 0 Å². The summed E-state index contributed by atoms with van der Waals surface area (Å²) in [7, 11) is 1.90. The number of rotatable bonds is 6. The Morgan fingerprint density at radius 2 is 2.11 bits per heavy atom. The highest BCUT2D eigenvalue weighted by molar-refractivity contribution is 9.10. The van der Waals surface area contributed by atoms with Crippen molar-refractivity contribution in [2.24, 2.45) is 0 Å². The van der Waals surface area contributed by atoms with Crippen molar-refractivity contribution < 1.29 is 9.15 Å². The summed E-state index contributed by atoms with van der Waals surface area (Å²) < 4.78 is 12.1. The molecule has 6 heteroatoms. The Balaban J connectivity index is 2.09. The lowest BCUT2D eigenvalue weighted by Crippen LogP contribution is -2.08. The van der Waals surface area contributed by atoms with Crippen LogP contribution >= 0.6 is 15.9 Å². The second-order valence-corrected chi connectivity index (χ2v) is 4.84. The topological polar surface area (TPSA) is 60.2 Å². The summed E-state index contributed by atoms with van der Waals surface area (Å²) in [5.74, 6) is 1.91. The van der Waals surface area contributed by atoms with Crippen LogP contribution in [0.25, 0.3) is 0 Å². The maximum Gasteiger partial charge on any atom is 0.253 e. The predicted molar refractivity (Wildman–Crippen MR) is 74.9 cm³/mol. The highest BCUT2D eigenvalue weighted by Crippen LogP contribution is 2.29. The zero-order valence-corrected chi connectivity index (χ0v) is 12.5. The van der Waals surface area contributed by atoms with E-state index in [1.54, 1.807) is 0 Å². The van der Waals surface area contributed by atoms with E-state index in [1.165, 1.54) is 0 Å². The maximum atomic E-state index is 5.78. The lowest BCUT2D eigenvalue weighted by atomic mass is 10.2. The summed E-state index contributed by atoms with van der Waals surface area (Å²) in [6.45, 7) is 2.97. The van der Waals surface area contributed by atoms with Gasteiger partial charge in [0.15, 0.2) is 6.61 Å². The molecule has 0 aliphatic heterocycles. The molecular formula is C13H16BrN3O2. The molecule has 0 bridgehead atoms. The minimum Gasteiger partial charge on any atom is -0.482 e. The zero-order chi connectivity index (χ0) is 13.7. The summed E-state index contributed by atoms with van der Waals surface area (Å²) in [6, 6.07) is 5.94. The molecule has 1 heterocycles. The molecule has 1 aromatic heterocycles. The molecule has 0 saturated heterocycles.